The van der Waals surface area contributed by atoms with Gasteiger partial charge in [0.05, 0.1) is 13.1 Å². The number of nitrogens with zero attached hydrogens (tertiary/aromatic N) is 1. The van der Waals surface area contributed by atoms with Gasteiger partial charge in [0.25, 0.3) is 0 Å². The maximum Gasteiger partial charge on any atom is 0.410 e. The maximum atomic E-state index is 11.9. The van der Waals surface area contributed by atoms with Crippen LogP contribution in [0.3, 0.4) is 0 Å². The van der Waals surface area contributed by atoms with E-state index in [9.17, 15) is 9.59 Å². The Morgan fingerprint density at radius 1 is 1.37 bits per heavy atom. The zero-order valence-corrected chi connectivity index (χ0v) is 13.2. The Bertz CT molecular complexity index is 547. The van der Waals surface area contributed by atoms with Gasteiger partial charge in [0.2, 0.25) is 0 Å². The number of hydrogen-bond donors (Lipinski definition) is 1. The average molecular weight is 348 g/mol. The fourth-order valence-corrected chi connectivity index (χ4v) is 3.75. The fourth-order valence-electron chi connectivity index (χ4n) is 1.79. The predicted octanol–water partition coefficient (Wildman–Crippen LogP) is 3.46. The van der Waals surface area contributed by atoms with Crippen molar-refractivity contribution in [2.45, 2.75) is 39.5 Å². The van der Waals surface area contributed by atoms with Gasteiger partial charge in [-0.15, -0.1) is 11.3 Å². The molecular weight excluding hydrogens is 334 g/mol. The van der Waals surface area contributed by atoms with Crippen LogP contribution in [0.2, 0.25) is 0 Å². The van der Waals surface area contributed by atoms with E-state index in [1.54, 1.807) is 4.90 Å². The van der Waals surface area contributed by atoms with Crippen LogP contribution in [0.5, 0.6) is 0 Å². The maximum absolute atomic E-state index is 11.9. The molecular formula is C12H14BrNO4S. The van der Waals surface area contributed by atoms with E-state index in [0.717, 1.165) is 10.4 Å². The Hall–Kier alpha value is -1.08. The summed E-state index contributed by atoms with van der Waals surface area (Å²) in [5, 5.41) is 9.03. The normalized spacial score (nSPS) is 14.4. The van der Waals surface area contributed by atoms with Gasteiger partial charge in [0.15, 0.2) is 0 Å². The van der Waals surface area contributed by atoms with Crippen molar-refractivity contribution in [3.05, 3.63) is 19.8 Å². The smallest absolute Gasteiger partial charge is 0.410 e. The molecule has 0 atom stereocenters. The van der Waals surface area contributed by atoms with Crippen LogP contribution in [-0.4, -0.2) is 27.7 Å². The molecule has 0 aromatic carbocycles. The topological polar surface area (TPSA) is 66.8 Å². The number of rotatable bonds is 1. The Labute approximate surface area is 123 Å². The van der Waals surface area contributed by atoms with E-state index >= 15 is 0 Å². The van der Waals surface area contributed by atoms with Crippen molar-refractivity contribution in [2.75, 3.05) is 0 Å². The summed E-state index contributed by atoms with van der Waals surface area (Å²) in [5.41, 5.74) is 0.338. The minimum atomic E-state index is -0.949. The van der Waals surface area contributed by atoms with Crippen molar-refractivity contribution in [3.63, 3.8) is 0 Å². The van der Waals surface area contributed by atoms with E-state index in [-0.39, 0.29) is 11.0 Å². The summed E-state index contributed by atoms with van der Waals surface area (Å²) in [6, 6.07) is 0. The zero-order chi connectivity index (χ0) is 14.4. The SMILES string of the molecule is CC(C)(C)OC(=O)N1Cc2sc(C(=O)O)c(Br)c2C1. The van der Waals surface area contributed by atoms with Gasteiger partial charge in [-0.25, -0.2) is 9.59 Å². The van der Waals surface area contributed by atoms with Gasteiger partial charge in [-0.2, -0.15) is 0 Å². The lowest BCUT2D eigenvalue weighted by Crippen LogP contribution is -2.33. The minimum Gasteiger partial charge on any atom is -0.477 e. The molecule has 5 nitrogen and oxygen atoms in total. The molecule has 104 valence electrons. The Balaban J connectivity index is 2.14. The Morgan fingerprint density at radius 2 is 2.00 bits per heavy atom. The molecule has 1 aromatic rings. The van der Waals surface area contributed by atoms with Gasteiger partial charge >= 0.3 is 12.1 Å². The standard InChI is InChI=1S/C12H14BrNO4S/c1-12(2,3)18-11(17)14-4-6-7(5-14)19-9(8(6)13)10(15)16/h4-5H2,1-3H3,(H,15,16). The molecule has 7 heteroatoms. The van der Waals surface area contributed by atoms with Crippen LogP contribution in [0.15, 0.2) is 4.47 Å². The summed E-state index contributed by atoms with van der Waals surface area (Å²) < 4.78 is 5.87. The molecule has 0 saturated carbocycles. The molecule has 2 rings (SSSR count). The number of carboxylic acid groups (broad SMARTS) is 1. The Kier molecular flexibility index (Phi) is 3.61. The highest BCUT2D eigenvalue weighted by Crippen LogP contribution is 2.39. The summed E-state index contributed by atoms with van der Waals surface area (Å²) >= 11 is 4.49. The molecule has 19 heavy (non-hydrogen) atoms. The molecule has 1 aromatic heterocycles. The highest BCUT2D eigenvalue weighted by Gasteiger charge is 2.32. The highest BCUT2D eigenvalue weighted by molar-refractivity contribution is 9.10. The van der Waals surface area contributed by atoms with E-state index in [2.05, 4.69) is 15.9 Å². The molecule has 1 N–H and O–H groups in total. The van der Waals surface area contributed by atoms with Gasteiger partial charge in [-0.1, -0.05) is 0 Å². The third-order valence-corrected chi connectivity index (χ3v) is 4.90. The van der Waals surface area contributed by atoms with Gasteiger partial charge < -0.3 is 9.84 Å². The van der Waals surface area contributed by atoms with Gasteiger partial charge in [-0.05, 0) is 36.7 Å². The number of carbonyl (C=O) groups excluding carboxylic acids is 1. The van der Waals surface area contributed by atoms with Crippen LogP contribution in [0.1, 0.15) is 40.9 Å². The van der Waals surface area contributed by atoms with Crippen molar-refractivity contribution in [1.29, 1.82) is 0 Å². The van der Waals surface area contributed by atoms with E-state index in [0.29, 0.717) is 17.6 Å². The molecule has 0 unspecified atom stereocenters. The molecule has 0 aliphatic carbocycles. The first-order valence-corrected chi connectivity index (χ1v) is 7.31. The number of hydrogen-bond acceptors (Lipinski definition) is 4. The second-order valence-electron chi connectivity index (χ2n) is 5.29. The first kappa shape index (κ1) is 14.3. The third-order valence-electron chi connectivity index (χ3n) is 2.56. The lowest BCUT2D eigenvalue weighted by molar-refractivity contribution is 0.0242. The van der Waals surface area contributed by atoms with Crippen LogP contribution < -0.4 is 0 Å². The van der Waals surface area contributed by atoms with Crippen LogP contribution in [-0.2, 0) is 17.8 Å². The molecule has 0 spiro atoms. The van der Waals surface area contributed by atoms with Crippen molar-refractivity contribution in [1.82, 2.24) is 4.90 Å². The van der Waals surface area contributed by atoms with Crippen LogP contribution in [0, 0.1) is 0 Å². The van der Waals surface area contributed by atoms with Gasteiger partial charge in [-0.3, -0.25) is 4.90 Å². The summed E-state index contributed by atoms with van der Waals surface area (Å²) in [7, 11) is 0. The first-order valence-electron chi connectivity index (χ1n) is 5.70. The van der Waals surface area contributed by atoms with E-state index < -0.39 is 11.6 Å². The molecule has 2 heterocycles. The van der Waals surface area contributed by atoms with E-state index in [4.69, 9.17) is 9.84 Å². The summed E-state index contributed by atoms with van der Waals surface area (Å²) in [6.45, 7) is 6.23. The number of thiophene rings is 1. The third kappa shape index (κ3) is 2.92. The van der Waals surface area contributed by atoms with Crippen LogP contribution in [0.4, 0.5) is 4.79 Å². The molecule has 1 aliphatic heterocycles. The lowest BCUT2D eigenvalue weighted by atomic mass is 10.2. The summed E-state index contributed by atoms with van der Waals surface area (Å²) in [6.07, 6.45) is -0.375. The summed E-state index contributed by atoms with van der Waals surface area (Å²) in [4.78, 5) is 25.7. The molecule has 0 bridgehead atoms. The van der Waals surface area contributed by atoms with Crippen molar-refractivity contribution < 1.29 is 19.4 Å². The number of amides is 1. The molecule has 0 saturated heterocycles. The number of carbonyl (C=O) groups is 2. The monoisotopic (exact) mass is 347 g/mol. The van der Waals surface area contributed by atoms with E-state index in [1.165, 1.54) is 11.3 Å². The minimum absolute atomic E-state index is 0.286. The molecule has 1 amide bonds. The van der Waals surface area contributed by atoms with Crippen molar-refractivity contribution >= 4 is 39.3 Å². The molecule has 1 aliphatic rings. The number of halogens is 1. The predicted molar refractivity (Wildman–Crippen MR) is 74.5 cm³/mol. The lowest BCUT2D eigenvalue weighted by Gasteiger charge is -2.24. The largest absolute Gasteiger partial charge is 0.477 e. The highest BCUT2D eigenvalue weighted by atomic mass is 79.9. The number of aromatic carboxylic acids is 1. The fraction of sp³-hybridized carbons (Fsp3) is 0.500. The number of fused-ring (bicyclic) bond motifs is 1. The van der Waals surface area contributed by atoms with Gasteiger partial charge in [0.1, 0.15) is 10.5 Å². The Morgan fingerprint density at radius 3 is 2.47 bits per heavy atom. The van der Waals surface area contributed by atoms with E-state index in [1.807, 2.05) is 20.8 Å². The average Bonchev–Trinajstić information content (AvgIpc) is 2.76. The molecule has 0 radical (unpaired) electrons. The molecule has 0 fully saturated rings. The van der Waals surface area contributed by atoms with Crippen molar-refractivity contribution in [3.8, 4) is 0 Å². The quantitative estimate of drug-likeness (QED) is 0.844. The second kappa shape index (κ2) is 4.79. The van der Waals surface area contributed by atoms with Crippen LogP contribution >= 0.6 is 27.3 Å². The number of carboxylic acids is 1. The first-order chi connectivity index (χ1) is 8.69. The zero-order valence-electron chi connectivity index (χ0n) is 10.8. The van der Waals surface area contributed by atoms with Crippen molar-refractivity contribution in [2.24, 2.45) is 0 Å². The number of ether oxygens (including phenoxy) is 1. The summed E-state index contributed by atoms with van der Waals surface area (Å²) in [5.74, 6) is -0.949. The van der Waals surface area contributed by atoms with Gasteiger partial charge in [0, 0.05) is 14.9 Å². The second-order valence-corrected chi connectivity index (χ2v) is 7.19. The van der Waals surface area contributed by atoms with Crippen LogP contribution in [0.25, 0.3) is 0 Å².